The molecule has 0 unspecified atom stereocenters. The molecule has 1 aliphatic carbocycles. The highest BCUT2D eigenvalue weighted by Crippen LogP contribution is 2.39. The lowest BCUT2D eigenvalue weighted by Gasteiger charge is -2.12. The molecule has 0 amide bonds. The van der Waals surface area contributed by atoms with Gasteiger partial charge in [-0.25, -0.2) is 0 Å². The lowest BCUT2D eigenvalue weighted by Crippen LogP contribution is -1.97. The first-order valence-corrected chi connectivity index (χ1v) is 7.66. The standard InChI is InChI=1S/C14H12BrCl2N/c15-9-5-6-10(16)14-13(9)11(17)7-12(18-14)8-3-1-2-4-8/h5-8H,1-4H2. The second kappa shape index (κ2) is 4.99. The number of halogens is 3. The van der Waals surface area contributed by atoms with Crippen LogP contribution in [-0.4, -0.2) is 4.98 Å². The molecule has 0 saturated heterocycles. The normalized spacial score (nSPS) is 16.6. The molecule has 4 heteroatoms. The number of benzene rings is 1. The molecular formula is C14H12BrCl2N. The Balaban J connectivity index is 2.23. The zero-order valence-electron chi connectivity index (χ0n) is 9.72. The molecule has 0 aliphatic heterocycles. The van der Waals surface area contributed by atoms with E-state index >= 15 is 0 Å². The van der Waals surface area contributed by atoms with Crippen LogP contribution in [0.2, 0.25) is 10.0 Å². The second-order valence-corrected chi connectivity index (χ2v) is 6.43. The predicted molar refractivity (Wildman–Crippen MR) is 80.7 cm³/mol. The van der Waals surface area contributed by atoms with E-state index in [0.29, 0.717) is 10.9 Å². The molecule has 1 heterocycles. The van der Waals surface area contributed by atoms with Crippen molar-refractivity contribution in [2.45, 2.75) is 31.6 Å². The molecule has 0 radical (unpaired) electrons. The smallest absolute Gasteiger partial charge is 0.0917 e. The van der Waals surface area contributed by atoms with Crippen LogP contribution in [0.3, 0.4) is 0 Å². The molecule has 1 nitrogen and oxygen atoms in total. The summed E-state index contributed by atoms with van der Waals surface area (Å²) in [6, 6.07) is 5.77. The van der Waals surface area contributed by atoms with E-state index in [1.165, 1.54) is 25.7 Å². The van der Waals surface area contributed by atoms with Crippen LogP contribution in [0.1, 0.15) is 37.3 Å². The van der Waals surface area contributed by atoms with Gasteiger partial charge >= 0.3 is 0 Å². The number of pyridine rings is 1. The van der Waals surface area contributed by atoms with E-state index in [4.69, 9.17) is 28.2 Å². The molecule has 3 rings (SSSR count). The van der Waals surface area contributed by atoms with Crippen LogP contribution < -0.4 is 0 Å². The molecule has 0 spiro atoms. The number of nitrogens with zero attached hydrogens (tertiary/aromatic N) is 1. The van der Waals surface area contributed by atoms with Crippen molar-refractivity contribution in [2.75, 3.05) is 0 Å². The van der Waals surface area contributed by atoms with E-state index in [1.807, 2.05) is 18.2 Å². The monoisotopic (exact) mass is 343 g/mol. The van der Waals surface area contributed by atoms with Crippen molar-refractivity contribution in [3.8, 4) is 0 Å². The van der Waals surface area contributed by atoms with Crippen LogP contribution in [0.4, 0.5) is 0 Å². The lowest BCUT2D eigenvalue weighted by molar-refractivity contribution is 0.701. The Labute approximate surface area is 125 Å². The van der Waals surface area contributed by atoms with Gasteiger partial charge in [0.25, 0.3) is 0 Å². The molecule has 1 fully saturated rings. The number of fused-ring (bicyclic) bond motifs is 1. The van der Waals surface area contributed by atoms with Crippen molar-refractivity contribution >= 4 is 50.0 Å². The van der Waals surface area contributed by atoms with Crippen molar-refractivity contribution in [1.29, 1.82) is 0 Å². The third-order valence-corrected chi connectivity index (χ3v) is 4.87. The van der Waals surface area contributed by atoms with Gasteiger partial charge in [-0.3, -0.25) is 4.98 Å². The summed E-state index contributed by atoms with van der Waals surface area (Å²) in [7, 11) is 0. The summed E-state index contributed by atoms with van der Waals surface area (Å²) in [6.07, 6.45) is 4.99. The maximum atomic E-state index is 6.39. The van der Waals surface area contributed by atoms with E-state index in [2.05, 4.69) is 15.9 Å². The molecule has 0 N–H and O–H groups in total. The molecular weight excluding hydrogens is 333 g/mol. The minimum atomic E-state index is 0.543. The first kappa shape index (κ1) is 12.7. The molecule has 2 aromatic rings. The van der Waals surface area contributed by atoms with Crippen molar-refractivity contribution in [3.05, 3.63) is 38.4 Å². The Hall–Kier alpha value is -0.310. The zero-order valence-corrected chi connectivity index (χ0v) is 12.8. The van der Waals surface area contributed by atoms with Gasteiger partial charge in [0.15, 0.2) is 0 Å². The molecule has 1 aromatic carbocycles. The fourth-order valence-corrected chi connectivity index (χ4v) is 3.82. The van der Waals surface area contributed by atoms with Gasteiger partial charge in [-0.1, -0.05) is 52.0 Å². The van der Waals surface area contributed by atoms with Gasteiger partial charge in [-0.05, 0) is 31.0 Å². The SMILES string of the molecule is Clc1ccc(Br)c2c(Cl)cc(C3CCCC3)nc12. The summed E-state index contributed by atoms with van der Waals surface area (Å²) in [5.74, 6) is 0.543. The van der Waals surface area contributed by atoms with Gasteiger partial charge in [-0.15, -0.1) is 0 Å². The van der Waals surface area contributed by atoms with Crippen LogP contribution in [0.25, 0.3) is 10.9 Å². The summed E-state index contributed by atoms with van der Waals surface area (Å²) >= 11 is 16.1. The minimum absolute atomic E-state index is 0.543. The molecule has 1 aromatic heterocycles. The zero-order chi connectivity index (χ0) is 12.7. The van der Waals surface area contributed by atoms with Gasteiger partial charge in [0.05, 0.1) is 15.6 Å². The van der Waals surface area contributed by atoms with Crippen LogP contribution in [0.15, 0.2) is 22.7 Å². The van der Waals surface area contributed by atoms with Gasteiger partial charge in [0.2, 0.25) is 0 Å². The average molecular weight is 345 g/mol. The van der Waals surface area contributed by atoms with Gasteiger partial charge < -0.3 is 0 Å². The van der Waals surface area contributed by atoms with Crippen molar-refractivity contribution < 1.29 is 0 Å². The van der Waals surface area contributed by atoms with Gasteiger partial charge in [-0.2, -0.15) is 0 Å². The first-order chi connectivity index (χ1) is 8.66. The highest BCUT2D eigenvalue weighted by atomic mass is 79.9. The number of aromatic nitrogens is 1. The maximum Gasteiger partial charge on any atom is 0.0917 e. The Morgan fingerprint density at radius 2 is 1.83 bits per heavy atom. The molecule has 0 atom stereocenters. The van der Waals surface area contributed by atoms with Crippen LogP contribution in [0.5, 0.6) is 0 Å². The number of hydrogen-bond donors (Lipinski definition) is 0. The summed E-state index contributed by atoms with van der Waals surface area (Å²) < 4.78 is 0.942. The Morgan fingerprint density at radius 1 is 1.11 bits per heavy atom. The molecule has 1 saturated carbocycles. The van der Waals surface area contributed by atoms with Gasteiger partial charge in [0, 0.05) is 21.5 Å². The lowest BCUT2D eigenvalue weighted by atomic mass is 10.0. The number of hydrogen-bond acceptors (Lipinski definition) is 1. The number of rotatable bonds is 1. The van der Waals surface area contributed by atoms with Crippen LogP contribution >= 0.6 is 39.1 Å². The summed E-state index contributed by atoms with van der Waals surface area (Å²) in [5.41, 5.74) is 1.89. The van der Waals surface area contributed by atoms with Crippen molar-refractivity contribution in [1.82, 2.24) is 4.98 Å². The fourth-order valence-electron chi connectivity index (χ4n) is 2.67. The average Bonchev–Trinajstić information content (AvgIpc) is 2.87. The molecule has 94 valence electrons. The van der Waals surface area contributed by atoms with E-state index in [0.717, 1.165) is 26.1 Å². The van der Waals surface area contributed by atoms with E-state index in [-0.39, 0.29) is 0 Å². The molecule has 1 aliphatic rings. The highest BCUT2D eigenvalue weighted by Gasteiger charge is 2.20. The minimum Gasteiger partial charge on any atom is -0.251 e. The topological polar surface area (TPSA) is 12.9 Å². The predicted octanol–water partition coefficient (Wildman–Crippen LogP) is 5.96. The summed E-state index contributed by atoms with van der Waals surface area (Å²) in [5, 5.41) is 2.30. The van der Waals surface area contributed by atoms with Crippen molar-refractivity contribution in [2.24, 2.45) is 0 Å². The second-order valence-electron chi connectivity index (χ2n) is 4.76. The van der Waals surface area contributed by atoms with E-state index in [9.17, 15) is 0 Å². The third kappa shape index (κ3) is 2.15. The van der Waals surface area contributed by atoms with Crippen LogP contribution in [0, 0.1) is 0 Å². The van der Waals surface area contributed by atoms with Crippen molar-refractivity contribution in [3.63, 3.8) is 0 Å². The van der Waals surface area contributed by atoms with E-state index < -0.39 is 0 Å². The molecule has 18 heavy (non-hydrogen) atoms. The van der Waals surface area contributed by atoms with E-state index in [1.54, 1.807) is 0 Å². The first-order valence-electron chi connectivity index (χ1n) is 6.11. The highest BCUT2D eigenvalue weighted by molar-refractivity contribution is 9.10. The van der Waals surface area contributed by atoms with Gasteiger partial charge in [0.1, 0.15) is 0 Å². The Bertz CT molecular complexity index is 606. The third-order valence-electron chi connectivity index (χ3n) is 3.61. The molecule has 0 bridgehead atoms. The fraction of sp³-hybridized carbons (Fsp3) is 0.357. The Morgan fingerprint density at radius 3 is 2.56 bits per heavy atom. The van der Waals surface area contributed by atoms with Crippen LogP contribution in [-0.2, 0) is 0 Å². The largest absolute Gasteiger partial charge is 0.251 e. The quantitative estimate of drug-likeness (QED) is 0.621. The summed E-state index contributed by atoms with van der Waals surface area (Å²) in [6.45, 7) is 0. The Kier molecular flexibility index (Phi) is 3.52. The summed E-state index contributed by atoms with van der Waals surface area (Å²) in [4.78, 5) is 4.73. The maximum absolute atomic E-state index is 6.39.